The number of fused-ring (bicyclic) bond motifs is 1. The van der Waals surface area contributed by atoms with Crippen LogP contribution in [0.2, 0.25) is 0 Å². The van der Waals surface area contributed by atoms with Crippen LogP contribution in [0.25, 0.3) is 10.6 Å². The Labute approximate surface area is 143 Å². The van der Waals surface area contributed by atoms with Gasteiger partial charge in [-0.05, 0) is 36.4 Å². The van der Waals surface area contributed by atoms with Crippen molar-refractivity contribution >= 4 is 22.9 Å². The van der Waals surface area contributed by atoms with E-state index in [2.05, 4.69) is 21.6 Å². The van der Waals surface area contributed by atoms with Gasteiger partial charge in [-0.25, -0.2) is 0 Å². The Morgan fingerprint density at radius 3 is 2.83 bits per heavy atom. The number of nitrogens with zero attached hydrogens (tertiary/aromatic N) is 2. The molecule has 0 bridgehead atoms. The van der Waals surface area contributed by atoms with Gasteiger partial charge in [0.25, 0.3) is 5.91 Å². The lowest BCUT2D eigenvalue weighted by molar-refractivity contribution is 0.0667. The molecule has 1 fully saturated rings. The maximum absolute atomic E-state index is 13.1. The zero-order chi connectivity index (χ0) is 16.1. The van der Waals surface area contributed by atoms with Gasteiger partial charge in [-0.1, -0.05) is 18.2 Å². The van der Waals surface area contributed by atoms with Crippen molar-refractivity contribution in [3.05, 3.63) is 59.1 Å². The van der Waals surface area contributed by atoms with Crippen LogP contribution in [0.4, 0.5) is 5.69 Å². The number of carbonyl (C=O) groups excluding carboxylic acids is 1. The molecule has 0 saturated heterocycles. The molecule has 2 aliphatic rings. The molecule has 24 heavy (non-hydrogen) atoms. The van der Waals surface area contributed by atoms with Gasteiger partial charge in [0.2, 0.25) is 0 Å². The number of hydrogen-bond donors (Lipinski definition) is 2. The van der Waals surface area contributed by atoms with E-state index in [9.17, 15) is 4.79 Å². The molecule has 3 heterocycles. The first-order valence-electron chi connectivity index (χ1n) is 8.08. The predicted octanol–water partition coefficient (Wildman–Crippen LogP) is 3.87. The fourth-order valence-electron chi connectivity index (χ4n) is 3.35. The number of H-pyrrole nitrogens is 1. The van der Waals surface area contributed by atoms with Crippen molar-refractivity contribution < 1.29 is 4.79 Å². The molecular formula is C18H16N4OS. The summed E-state index contributed by atoms with van der Waals surface area (Å²) in [5.74, 6) is 0.107. The van der Waals surface area contributed by atoms with Crippen LogP contribution in [0.1, 0.15) is 34.9 Å². The molecule has 5 nitrogen and oxygen atoms in total. The van der Waals surface area contributed by atoms with Gasteiger partial charge in [0.15, 0.2) is 0 Å². The first kappa shape index (κ1) is 13.8. The Hall–Kier alpha value is -2.60. The van der Waals surface area contributed by atoms with Crippen LogP contribution in [0.5, 0.6) is 0 Å². The Balaban J connectivity index is 1.63. The lowest BCUT2D eigenvalue weighted by Gasteiger charge is -2.38. The van der Waals surface area contributed by atoms with Crippen LogP contribution in [0.15, 0.2) is 48.0 Å². The Kier molecular flexibility index (Phi) is 2.99. The van der Waals surface area contributed by atoms with Crippen molar-refractivity contribution in [2.24, 2.45) is 0 Å². The van der Waals surface area contributed by atoms with E-state index in [1.165, 1.54) is 0 Å². The molecule has 1 saturated carbocycles. The van der Waals surface area contributed by atoms with Crippen molar-refractivity contribution in [2.75, 3.05) is 5.32 Å². The molecule has 6 heteroatoms. The van der Waals surface area contributed by atoms with Gasteiger partial charge in [-0.15, -0.1) is 11.3 Å². The van der Waals surface area contributed by atoms with Crippen molar-refractivity contribution in [2.45, 2.75) is 25.0 Å². The van der Waals surface area contributed by atoms with E-state index in [1.54, 1.807) is 11.3 Å². The third-order valence-electron chi connectivity index (χ3n) is 4.63. The first-order valence-corrected chi connectivity index (χ1v) is 8.96. The largest absolute Gasteiger partial charge is 0.361 e. The maximum Gasteiger partial charge on any atom is 0.258 e. The van der Waals surface area contributed by atoms with Gasteiger partial charge in [-0.2, -0.15) is 5.10 Å². The summed E-state index contributed by atoms with van der Waals surface area (Å²) in [6.07, 6.45) is 3.79. The van der Waals surface area contributed by atoms with E-state index in [-0.39, 0.29) is 12.1 Å². The first-order chi connectivity index (χ1) is 11.8. The molecule has 2 N–H and O–H groups in total. The second-order valence-corrected chi connectivity index (χ2v) is 7.16. The summed E-state index contributed by atoms with van der Waals surface area (Å²) in [5.41, 5.74) is 3.65. The fraction of sp³-hybridized carbons (Fsp3) is 0.222. The van der Waals surface area contributed by atoms with Crippen molar-refractivity contribution in [3.63, 3.8) is 0 Å². The quantitative estimate of drug-likeness (QED) is 0.763. The van der Waals surface area contributed by atoms with E-state index in [4.69, 9.17) is 0 Å². The van der Waals surface area contributed by atoms with Crippen LogP contribution < -0.4 is 5.32 Å². The summed E-state index contributed by atoms with van der Waals surface area (Å²) in [5, 5.41) is 13.0. The maximum atomic E-state index is 13.1. The van der Waals surface area contributed by atoms with E-state index in [0.29, 0.717) is 6.04 Å². The van der Waals surface area contributed by atoms with E-state index in [0.717, 1.165) is 40.2 Å². The average Bonchev–Trinajstić information content (AvgIpc) is 3.11. The van der Waals surface area contributed by atoms with E-state index >= 15 is 0 Å². The van der Waals surface area contributed by atoms with Gasteiger partial charge in [0, 0.05) is 17.3 Å². The Bertz CT molecular complexity index is 897. The number of aromatic nitrogens is 2. The molecule has 1 amide bonds. The van der Waals surface area contributed by atoms with Crippen LogP contribution in [0, 0.1) is 0 Å². The standard InChI is InChI=1S/C18H16N4OS/c23-18-12-4-1-2-5-14(12)20-17(22(18)11-7-8-11)13-10-19-21-16(13)15-6-3-9-24-15/h1-6,9-11,17,20H,7-8H2,(H,19,21)/t17-/m0/s1. The average molecular weight is 336 g/mol. The number of carbonyl (C=O) groups is 1. The SMILES string of the molecule is O=C1c2ccccc2N[C@H](c2cn[nH]c2-c2cccs2)N1C1CC1. The highest BCUT2D eigenvalue weighted by molar-refractivity contribution is 7.13. The molecule has 1 aromatic carbocycles. The zero-order valence-electron chi connectivity index (χ0n) is 12.9. The number of rotatable bonds is 3. The number of thiophene rings is 1. The Morgan fingerprint density at radius 2 is 2.04 bits per heavy atom. The topological polar surface area (TPSA) is 61.0 Å². The molecule has 120 valence electrons. The van der Waals surface area contributed by atoms with Crippen LogP contribution in [0.3, 0.4) is 0 Å². The van der Waals surface area contributed by atoms with Gasteiger partial charge >= 0.3 is 0 Å². The molecule has 0 radical (unpaired) electrons. The molecule has 1 aliphatic carbocycles. The lowest BCUT2D eigenvalue weighted by atomic mass is 10.0. The summed E-state index contributed by atoms with van der Waals surface area (Å²) in [7, 11) is 0. The monoisotopic (exact) mass is 336 g/mol. The molecule has 3 aromatic rings. The fourth-order valence-corrected chi connectivity index (χ4v) is 4.09. The van der Waals surface area contributed by atoms with Crippen LogP contribution in [-0.4, -0.2) is 27.0 Å². The van der Waals surface area contributed by atoms with Crippen LogP contribution >= 0.6 is 11.3 Å². The van der Waals surface area contributed by atoms with Gasteiger partial charge in [-0.3, -0.25) is 9.89 Å². The van der Waals surface area contributed by atoms with Crippen molar-refractivity contribution in [3.8, 4) is 10.6 Å². The van der Waals surface area contributed by atoms with Gasteiger partial charge in [0.1, 0.15) is 6.17 Å². The minimum absolute atomic E-state index is 0.107. The third-order valence-corrected chi connectivity index (χ3v) is 5.52. The van der Waals surface area contributed by atoms with E-state index < -0.39 is 0 Å². The number of amides is 1. The predicted molar refractivity (Wildman–Crippen MR) is 93.9 cm³/mol. The van der Waals surface area contributed by atoms with Crippen molar-refractivity contribution in [1.82, 2.24) is 15.1 Å². The number of benzene rings is 1. The zero-order valence-corrected chi connectivity index (χ0v) is 13.7. The number of aromatic amines is 1. The Morgan fingerprint density at radius 1 is 1.17 bits per heavy atom. The summed E-state index contributed by atoms with van der Waals surface area (Å²) in [6, 6.07) is 12.1. The summed E-state index contributed by atoms with van der Waals surface area (Å²) < 4.78 is 0. The number of hydrogen-bond acceptors (Lipinski definition) is 4. The molecule has 1 aliphatic heterocycles. The molecule has 5 rings (SSSR count). The highest BCUT2D eigenvalue weighted by Gasteiger charge is 2.43. The summed E-state index contributed by atoms with van der Waals surface area (Å²) >= 11 is 1.67. The second-order valence-electron chi connectivity index (χ2n) is 6.21. The summed E-state index contributed by atoms with van der Waals surface area (Å²) in [4.78, 5) is 16.2. The second kappa shape index (κ2) is 5.21. The van der Waals surface area contributed by atoms with Crippen LogP contribution in [-0.2, 0) is 0 Å². The smallest absolute Gasteiger partial charge is 0.258 e. The third kappa shape index (κ3) is 2.06. The van der Waals surface area contributed by atoms with Crippen molar-refractivity contribution in [1.29, 1.82) is 0 Å². The molecule has 1 atom stereocenters. The highest BCUT2D eigenvalue weighted by Crippen LogP contribution is 2.42. The molecule has 0 unspecified atom stereocenters. The number of nitrogens with one attached hydrogen (secondary N) is 2. The molecule has 2 aromatic heterocycles. The van der Waals surface area contributed by atoms with Gasteiger partial charge < -0.3 is 10.2 Å². The van der Waals surface area contributed by atoms with Gasteiger partial charge in [0.05, 0.1) is 22.3 Å². The lowest BCUT2D eigenvalue weighted by Crippen LogP contribution is -2.44. The minimum Gasteiger partial charge on any atom is -0.361 e. The number of anilines is 1. The minimum atomic E-state index is -0.184. The molecule has 0 spiro atoms. The van der Waals surface area contributed by atoms with E-state index in [1.807, 2.05) is 46.8 Å². The number of para-hydroxylation sites is 1. The molecular weight excluding hydrogens is 320 g/mol. The summed E-state index contributed by atoms with van der Waals surface area (Å²) in [6.45, 7) is 0. The normalized spacial score (nSPS) is 19.9. The highest BCUT2D eigenvalue weighted by atomic mass is 32.1.